The van der Waals surface area contributed by atoms with E-state index in [2.05, 4.69) is 33.4 Å². The van der Waals surface area contributed by atoms with E-state index in [9.17, 15) is 0 Å². The molecule has 1 nitrogen and oxygen atoms in total. The number of ether oxygens (including phenoxy) is 1. The summed E-state index contributed by atoms with van der Waals surface area (Å²) in [7, 11) is 0. The minimum Gasteiger partial charge on any atom is -0.370 e. The van der Waals surface area contributed by atoms with Crippen LogP contribution in [0.2, 0.25) is 0 Å². The second kappa shape index (κ2) is 6.86. The Bertz CT molecular complexity index is 605. The Balaban J connectivity index is 1.40. The molecule has 0 aromatic carbocycles. The lowest BCUT2D eigenvalue weighted by Crippen LogP contribution is -2.56. The SMILES string of the molecule is C=C[C@]12CC[C@@H]3C(CC[C@@]4(C)C3CCC[C@@H]4C3(C)CO3)[C@H]1CC[C@H](CCC)C2. The molecule has 4 saturated carbocycles. The summed E-state index contributed by atoms with van der Waals surface area (Å²) in [6, 6.07) is 0. The van der Waals surface area contributed by atoms with E-state index < -0.39 is 0 Å². The zero-order valence-corrected chi connectivity index (χ0v) is 18.8. The van der Waals surface area contributed by atoms with Gasteiger partial charge in [0, 0.05) is 0 Å². The van der Waals surface area contributed by atoms with E-state index in [0.29, 0.717) is 10.8 Å². The van der Waals surface area contributed by atoms with Gasteiger partial charge in [-0.25, -0.2) is 0 Å². The summed E-state index contributed by atoms with van der Waals surface area (Å²) >= 11 is 0. The number of hydrogen-bond donors (Lipinski definition) is 0. The number of allylic oxidation sites excluding steroid dienone is 1. The zero-order valence-electron chi connectivity index (χ0n) is 18.8. The molecule has 1 saturated heterocycles. The Morgan fingerprint density at radius 1 is 0.964 bits per heavy atom. The first-order chi connectivity index (χ1) is 13.5. The molecule has 0 aromatic heterocycles. The van der Waals surface area contributed by atoms with E-state index in [-0.39, 0.29) is 5.60 Å². The van der Waals surface area contributed by atoms with Crippen LogP contribution in [0.4, 0.5) is 0 Å². The van der Waals surface area contributed by atoms with E-state index in [1.54, 1.807) is 0 Å². The van der Waals surface area contributed by atoms with E-state index in [1.165, 1.54) is 77.0 Å². The highest BCUT2D eigenvalue weighted by molar-refractivity contribution is 5.14. The summed E-state index contributed by atoms with van der Waals surface area (Å²) in [5.74, 6) is 5.65. The second-order valence-corrected chi connectivity index (χ2v) is 12.1. The molecule has 1 aliphatic heterocycles. The maximum atomic E-state index is 6.03. The summed E-state index contributed by atoms with van der Waals surface area (Å²) in [5.41, 5.74) is 1.24. The molecule has 0 N–H and O–H groups in total. The van der Waals surface area contributed by atoms with Crippen LogP contribution in [-0.2, 0) is 4.74 Å². The summed E-state index contributed by atoms with van der Waals surface area (Å²) < 4.78 is 6.03. The molecular weight excluding hydrogens is 340 g/mol. The van der Waals surface area contributed by atoms with Crippen molar-refractivity contribution in [2.45, 2.75) is 103 Å². The highest BCUT2D eigenvalue weighted by atomic mass is 16.6. The monoisotopic (exact) mass is 384 g/mol. The predicted molar refractivity (Wildman–Crippen MR) is 117 cm³/mol. The fourth-order valence-corrected chi connectivity index (χ4v) is 9.59. The number of hydrogen-bond acceptors (Lipinski definition) is 1. The second-order valence-electron chi connectivity index (χ2n) is 12.1. The van der Waals surface area contributed by atoms with E-state index in [4.69, 9.17) is 4.74 Å². The van der Waals surface area contributed by atoms with Crippen LogP contribution in [0.1, 0.15) is 97.8 Å². The molecular formula is C27H44O. The molecule has 158 valence electrons. The molecule has 0 bridgehead atoms. The summed E-state index contributed by atoms with van der Waals surface area (Å²) in [4.78, 5) is 0. The van der Waals surface area contributed by atoms with Crippen molar-refractivity contribution in [3.8, 4) is 0 Å². The number of fused-ring (bicyclic) bond motifs is 5. The van der Waals surface area contributed by atoms with Crippen molar-refractivity contribution in [2.24, 2.45) is 46.3 Å². The van der Waals surface area contributed by atoms with Crippen molar-refractivity contribution in [3.63, 3.8) is 0 Å². The molecule has 1 heterocycles. The quantitative estimate of drug-likeness (QED) is 0.363. The Kier molecular flexibility index (Phi) is 4.81. The van der Waals surface area contributed by atoms with E-state index >= 15 is 0 Å². The molecule has 0 aromatic rings. The first-order valence-electron chi connectivity index (χ1n) is 12.7. The molecule has 1 heteroatoms. The Morgan fingerprint density at radius 3 is 2.43 bits per heavy atom. The van der Waals surface area contributed by atoms with Crippen molar-refractivity contribution in [3.05, 3.63) is 12.7 Å². The molecule has 4 aliphatic carbocycles. The summed E-state index contributed by atoms with van der Waals surface area (Å²) in [6.07, 6.45) is 19.9. The average Bonchev–Trinajstić information content (AvgIpc) is 3.44. The lowest BCUT2D eigenvalue weighted by atomic mass is 9.41. The van der Waals surface area contributed by atoms with Crippen molar-refractivity contribution in [1.29, 1.82) is 0 Å². The highest BCUT2D eigenvalue weighted by Crippen LogP contribution is 2.68. The minimum absolute atomic E-state index is 0.220. The molecule has 28 heavy (non-hydrogen) atoms. The third-order valence-electron chi connectivity index (χ3n) is 10.9. The third-order valence-corrected chi connectivity index (χ3v) is 10.9. The van der Waals surface area contributed by atoms with Crippen LogP contribution in [-0.4, -0.2) is 12.2 Å². The Labute approximate surface area is 174 Å². The van der Waals surface area contributed by atoms with Gasteiger partial charge < -0.3 is 4.74 Å². The van der Waals surface area contributed by atoms with E-state index in [1.807, 2.05) is 0 Å². The molecule has 9 atom stereocenters. The number of epoxide rings is 1. The van der Waals surface area contributed by atoms with Gasteiger partial charge in [0.05, 0.1) is 12.2 Å². The van der Waals surface area contributed by atoms with Crippen LogP contribution in [0.25, 0.3) is 0 Å². The van der Waals surface area contributed by atoms with Gasteiger partial charge in [0.15, 0.2) is 0 Å². The first kappa shape index (κ1) is 19.7. The van der Waals surface area contributed by atoms with Gasteiger partial charge in [0.25, 0.3) is 0 Å². The van der Waals surface area contributed by atoms with Gasteiger partial charge in [-0.2, -0.15) is 0 Å². The largest absolute Gasteiger partial charge is 0.370 e. The number of rotatable bonds is 4. The maximum Gasteiger partial charge on any atom is 0.0921 e. The van der Waals surface area contributed by atoms with Crippen molar-refractivity contribution in [1.82, 2.24) is 0 Å². The lowest BCUT2D eigenvalue weighted by molar-refractivity contribution is -0.137. The van der Waals surface area contributed by atoms with Crippen LogP contribution in [0.15, 0.2) is 12.7 Å². The van der Waals surface area contributed by atoms with Crippen molar-refractivity contribution in [2.75, 3.05) is 6.61 Å². The van der Waals surface area contributed by atoms with Crippen LogP contribution in [0.3, 0.4) is 0 Å². The Hall–Kier alpha value is -0.300. The molecule has 0 radical (unpaired) electrons. The fraction of sp³-hybridized carbons (Fsp3) is 0.926. The molecule has 5 aliphatic rings. The van der Waals surface area contributed by atoms with Gasteiger partial charge in [-0.05, 0) is 105 Å². The third kappa shape index (κ3) is 2.81. The topological polar surface area (TPSA) is 12.5 Å². The van der Waals surface area contributed by atoms with Gasteiger partial charge in [-0.1, -0.05) is 45.6 Å². The predicted octanol–water partition coefficient (Wildman–Crippen LogP) is 7.41. The molecule has 3 unspecified atom stereocenters. The molecule has 0 amide bonds. The highest BCUT2D eigenvalue weighted by Gasteiger charge is 2.63. The lowest BCUT2D eigenvalue weighted by Gasteiger charge is -2.63. The van der Waals surface area contributed by atoms with Gasteiger partial charge in [-0.3, -0.25) is 0 Å². The van der Waals surface area contributed by atoms with Crippen LogP contribution < -0.4 is 0 Å². The van der Waals surface area contributed by atoms with Crippen LogP contribution in [0, 0.1) is 46.3 Å². The Morgan fingerprint density at radius 2 is 1.71 bits per heavy atom. The van der Waals surface area contributed by atoms with Crippen LogP contribution in [0.5, 0.6) is 0 Å². The molecule has 0 spiro atoms. The standard InChI is InChI=1S/C27H44O/c1-5-8-19-11-12-23-21-13-15-25(3)22(9-7-10-24(25)26(4)18-28-26)20(21)14-16-27(23,6-2)17-19/h6,19-24H,2,5,7-18H2,1,3-4H3/t19-,20+,21?,22?,23+,24-,25-,26?,27+/m0/s1. The zero-order chi connectivity index (χ0) is 19.6. The van der Waals surface area contributed by atoms with Gasteiger partial charge in [-0.15, -0.1) is 6.58 Å². The maximum absolute atomic E-state index is 6.03. The van der Waals surface area contributed by atoms with Crippen molar-refractivity contribution >= 4 is 0 Å². The van der Waals surface area contributed by atoms with Crippen molar-refractivity contribution < 1.29 is 4.74 Å². The van der Waals surface area contributed by atoms with Crippen LogP contribution >= 0.6 is 0 Å². The van der Waals surface area contributed by atoms with E-state index in [0.717, 1.165) is 42.1 Å². The summed E-state index contributed by atoms with van der Waals surface area (Å²) in [5, 5.41) is 0. The smallest absolute Gasteiger partial charge is 0.0921 e. The average molecular weight is 385 g/mol. The van der Waals surface area contributed by atoms with Gasteiger partial charge >= 0.3 is 0 Å². The van der Waals surface area contributed by atoms with Gasteiger partial charge in [0.2, 0.25) is 0 Å². The molecule has 5 fully saturated rings. The van der Waals surface area contributed by atoms with Gasteiger partial charge in [0.1, 0.15) is 0 Å². The normalized spacial score (nSPS) is 55.5. The summed E-state index contributed by atoms with van der Waals surface area (Å²) in [6.45, 7) is 12.9. The first-order valence-corrected chi connectivity index (χ1v) is 12.7. The minimum atomic E-state index is 0.220. The fourth-order valence-electron chi connectivity index (χ4n) is 9.59. The molecule has 5 rings (SSSR count).